The van der Waals surface area contributed by atoms with Crippen LogP contribution in [0.1, 0.15) is 19.4 Å². The van der Waals surface area contributed by atoms with Crippen molar-refractivity contribution >= 4 is 34.6 Å². The maximum Gasteiger partial charge on any atom is 0.274 e. The van der Waals surface area contributed by atoms with E-state index < -0.39 is 11.0 Å². The summed E-state index contributed by atoms with van der Waals surface area (Å²) < 4.78 is 0. The van der Waals surface area contributed by atoms with E-state index in [0.29, 0.717) is 17.7 Å². The van der Waals surface area contributed by atoms with Crippen molar-refractivity contribution in [1.82, 2.24) is 5.32 Å². The fourth-order valence-corrected chi connectivity index (χ4v) is 2.38. The van der Waals surface area contributed by atoms with Gasteiger partial charge in [-0.1, -0.05) is 13.0 Å². The number of hydrogen-bond donors (Lipinski definition) is 1. The molecule has 19 heavy (non-hydrogen) atoms. The van der Waals surface area contributed by atoms with E-state index >= 15 is 0 Å². The Morgan fingerprint density at radius 2 is 2.21 bits per heavy atom. The quantitative estimate of drug-likeness (QED) is 0.518. The molecule has 1 atom stereocenters. The van der Waals surface area contributed by atoms with Gasteiger partial charge in [0.25, 0.3) is 11.6 Å². The number of hydrogen-bond acceptors (Lipinski definition) is 4. The molecule has 1 heterocycles. The molecule has 0 spiro atoms. The van der Waals surface area contributed by atoms with Crippen LogP contribution >= 0.6 is 12.2 Å². The highest BCUT2D eigenvalue weighted by atomic mass is 32.1. The lowest BCUT2D eigenvalue weighted by Gasteiger charge is -2.15. The third-order valence-corrected chi connectivity index (χ3v) is 3.34. The molecule has 0 aliphatic carbocycles. The van der Waals surface area contributed by atoms with Crippen LogP contribution in [-0.4, -0.2) is 22.0 Å². The minimum atomic E-state index is -0.442. The molecule has 0 saturated carbocycles. The topological polar surface area (TPSA) is 75.5 Å². The molecule has 1 N–H and O–H groups in total. The molecule has 1 amide bonds. The van der Waals surface area contributed by atoms with Gasteiger partial charge in [-0.15, -0.1) is 0 Å². The van der Waals surface area contributed by atoms with E-state index in [1.807, 2.05) is 6.92 Å². The Morgan fingerprint density at radius 1 is 1.53 bits per heavy atom. The molecule has 1 saturated heterocycles. The molecule has 1 aromatic rings. The van der Waals surface area contributed by atoms with E-state index in [9.17, 15) is 14.9 Å². The zero-order valence-electron chi connectivity index (χ0n) is 10.5. The third kappa shape index (κ3) is 2.28. The molecule has 0 unspecified atom stereocenters. The fourth-order valence-electron chi connectivity index (χ4n) is 2.01. The van der Waals surface area contributed by atoms with Crippen LogP contribution in [0.25, 0.3) is 0 Å². The van der Waals surface area contributed by atoms with Crippen LogP contribution in [0, 0.1) is 10.1 Å². The van der Waals surface area contributed by atoms with Crippen molar-refractivity contribution < 1.29 is 9.72 Å². The van der Waals surface area contributed by atoms with Crippen LogP contribution in [0.5, 0.6) is 0 Å². The SMILES string of the molecule is CCc1ccc(N2C(=O)[C@@H](C)NC2=S)cc1[N+](=O)[O-]. The largest absolute Gasteiger partial charge is 0.350 e. The number of nitrogens with one attached hydrogen (secondary N) is 1. The Kier molecular flexibility index (Phi) is 3.48. The molecular weight excluding hydrogens is 266 g/mol. The van der Waals surface area contributed by atoms with Gasteiger partial charge in [-0.2, -0.15) is 0 Å². The van der Waals surface area contributed by atoms with E-state index in [1.54, 1.807) is 19.1 Å². The molecule has 0 bridgehead atoms. The Balaban J connectivity index is 2.47. The maximum atomic E-state index is 12.0. The summed E-state index contributed by atoms with van der Waals surface area (Å²) >= 11 is 5.07. The summed E-state index contributed by atoms with van der Waals surface area (Å²) in [5.74, 6) is -0.205. The monoisotopic (exact) mass is 279 g/mol. The normalized spacial score (nSPS) is 18.6. The fraction of sp³-hybridized carbons (Fsp3) is 0.333. The van der Waals surface area contributed by atoms with E-state index in [0.717, 1.165) is 0 Å². The molecule has 7 heteroatoms. The Bertz CT molecular complexity index is 573. The van der Waals surface area contributed by atoms with Crippen LogP contribution in [0.15, 0.2) is 18.2 Å². The van der Waals surface area contributed by atoms with Crippen LogP contribution in [-0.2, 0) is 11.2 Å². The predicted octanol–water partition coefficient (Wildman–Crippen LogP) is 1.77. The number of amides is 1. The first-order chi connectivity index (χ1) is 8.95. The number of anilines is 1. The minimum absolute atomic E-state index is 0.00940. The average Bonchev–Trinajstić information content (AvgIpc) is 2.62. The summed E-state index contributed by atoms with van der Waals surface area (Å²) in [5.41, 5.74) is 1.07. The van der Waals surface area contributed by atoms with Crippen molar-refractivity contribution in [3.05, 3.63) is 33.9 Å². The van der Waals surface area contributed by atoms with Gasteiger partial charge >= 0.3 is 0 Å². The summed E-state index contributed by atoms with van der Waals surface area (Å²) in [6.45, 7) is 3.54. The maximum absolute atomic E-state index is 12.0. The lowest BCUT2D eigenvalue weighted by atomic mass is 10.1. The first kappa shape index (κ1) is 13.4. The van der Waals surface area contributed by atoms with Gasteiger partial charge in [0.1, 0.15) is 6.04 Å². The summed E-state index contributed by atoms with van der Waals surface area (Å²) in [6.07, 6.45) is 0.559. The number of benzene rings is 1. The standard InChI is InChI=1S/C12H13N3O3S/c1-3-8-4-5-9(6-10(8)15(17)18)14-11(16)7(2)13-12(14)19/h4-7H,3H2,1-2H3,(H,13,19)/t7-/m1/s1. The summed E-state index contributed by atoms with van der Waals surface area (Å²) in [5, 5.41) is 14.1. The second-order valence-corrected chi connectivity index (χ2v) is 4.66. The molecule has 1 aliphatic heterocycles. The van der Waals surface area contributed by atoms with Crippen molar-refractivity contribution in [2.75, 3.05) is 4.90 Å². The molecule has 0 aromatic heterocycles. The summed E-state index contributed by atoms with van der Waals surface area (Å²) in [7, 11) is 0. The number of carbonyl (C=O) groups is 1. The average molecular weight is 279 g/mol. The molecule has 100 valence electrons. The van der Waals surface area contributed by atoms with Gasteiger partial charge in [0.15, 0.2) is 5.11 Å². The van der Waals surface area contributed by atoms with Gasteiger partial charge in [0, 0.05) is 11.6 Å². The summed E-state index contributed by atoms with van der Waals surface area (Å²) in [4.78, 5) is 23.8. The van der Waals surface area contributed by atoms with Gasteiger partial charge in [0.05, 0.1) is 10.6 Å². The Hall–Kier alpha value is -2.02. The number of thiocarbonyl (C=S) groups is 1. The first-order valence-corrected chi connectivity index (χ1v) is 6.28. The van der Waals surface area contributed by atoms with Crippen molar-refractivity contribution in [2.24, 2.45) is 0 Å². The zero-order chi connectivity index (χ0) is 14.2. The number of rotatable bonds is 3. The van der Waals surface area contributed by atoms with Crippen molar-refractivity contribution in [3.63, 3.8) is 0 Å². The van der Waals surface area contributed by atoms with Crippen LogP contribution in [0.2, 0.25) is 0 Å². The second kappa shape index (κ2) is 4.93. The molecule has 2 rings (SSSR count). The number of aryl methyl sites for hydroxylation is 1. The van der Waals surface area contributed by atoms with Crippen molar-refractivity contribution in [1.29, 1.82) is 0 Å². The van der Waals surface area contributed by atoms with Gasteiger partial charge in [-0.3, -0.25) is 19.8 Å². The van der Waals surface area contributed by atoms with Gasteiger partial charge in [-0.05, 0) is 31.6 Å². The van der Waals surface area contributed by atoms with Crippen LogP contribution in [0.3, 0.4) is 0 Å². The van der Waals surface area contributed by atoms with Crippen molar-refractivity contribution in [2.45, 2.75) is 26.3 Å². The lowest BCUT2D eigenvalue weighted by Crippen LogP contribution is -2.30. The van der Waals surface area contributed by atoms with E-state index in [1.165, 1.54) is 11.0 Å². The van der Waals surface area contributed by atoms with Crippen molar-refractivity contribution in [3.8, 4) is 0 Å². The third-order valence-electron chi connectivity index (χ3n) is 3.04. The molecule has 0 radical (unpaired) electrons. The molecule has 1 aromatic carbocycles. The number of carbonyl (C=O) groups excluding carboxylic acids is 1. The van der Waals surface area contributed by atoms with Gasteiger partial charge in [-0.25, -0.2) is 0 Å². The highest BCUT2D eigenvalue weighted by Gasteiger charge is 2.34. The van der Waals surface area contributed by atoms with Gasteiger partial charge in [0.2, 0.25) is 0 Å². The second-order valence-electron chi connectivity index (χ2n) is 4.27. The predicted molar refractivity (Wildman–Crippen MR) is 75.2 cm³/mol. The number of nitrogens with zero attached hydrogens (tertiary/aromatic N) is 2. The van der Waals surface area contributed by atoms with E-state index in [4.69, 9.17) is 12.2 Å². The molecular formula is C12H13N3O3S. The Morgan fingerprint density at radius 3 is 2.68 bits per heavy atom. The number of nitro benzene ring substituents is 1. The lowest BCUT2D eigenvalue weighted by molar-refractivity contribution is -0.385. The minimum Gasteiger partial charge on any atom is -0.350 e. The Labute approximate surface area is 115 Å². The van der Waals surface area contributed by atoms with Gasteiger partial charge < -0.3 is 5.32 Å². The smallest absolute Gasteiger partial charge is 0.274 e. The van der Waals surface area contributed by atoms with Crippen LogP contribution < -0.4 is 10.2 Å². The van der Waals surface area contributed by atoms with E-state index in [2.05, 4.69) is 5.32 Å². The highest BCUT2D eigenvalue weighted by Crippen LogP contribution is 2.28. The molecule has 1 fully saturated rings. The molecule has 6 nitrogen and oxygen atoms in total. The zero-order valence-corrected chi connectivity index (χ0v) is 11.4. The molecule has 1 aliphatic rings. The first-order valence-electron chi connectivity index (χ1n) is 5.87. The number of nitro groups is 1. The highest BCUT2D eigenvalue weighted by molar-refractivity contribution is 7.80. The van der Waals surface area contributed by atoms with Crippen LogP contribution in [0.4, 0.5) is 11.4 Å². The summed E-state index contributed by atoms with van der Waals surface area (Å²) in [6, 6.07) is 4.32. The van der Waals surface area contributed by atoms with E-state index in [-0.39, 0.29) is 16.7 Å².